The fourth-order valence-electron chi connectivity index (χ4n) is 2.51. The monoisotopic (exact) mass is 295 g/mol. The number of rotatable bonds is 2. The molecule has 4 heterocycles. The predicted octanol–water partition coefficient (Wildman–Crippen LogP) is 0.553. The van der Waals surface area contributed by atoms with Crippen molar-refractivity contribution in [3.63, 3.8) is 0 Å². The lowest BCUT2D eigenvalue weighted by molar-refractivity contribution is 0.0946. The molecule has 22 heavy (non-hydrogen) atoms. The number of fused-ring (bicyclic) bond motifs is 1. The van der Waals surface area contributed by atoms with Crippen LogP contribution in [0.15, 0.2) is 24.5 Å². The van der Waals surface area contributed by atoms with Gasteiger partial charge in [0, 0.05) is 31.9 Å². The van der Waals surface area contributed by atoms with Gasteiger partial charge in [0.25, 0.3) is 5.91 Å². The lowest BCUT2D eigenvalue weighted by Crippen LogP contribution is -2.31. The molecule has 4 rings (SSSR count). The molecule has 8 nitrogen and oxygen atoms in total. The fraction of sp³-hybridized carbons (Fsp3) is 0.214. The second-order valence-electron chi connectivity index (χ2n) is 5.12. The first-order chi connectivity index (χ1) is 10.7. The van der Waals surface area contributed by atoms with Crippen molar-refractivity contribution < 1.29 is 4.79 Å². The summed E-state index contributed by atoms with van der Waals surface area (Å²) >= 11 is 0. The van der Waals surface area contributed by atoms with Gasteiger partial charge in [-0.3, -0.25) is 9.48 Å². The third-order valence-electron chi connectivity index (χ3n) is 3.57. The van der Waals surface area contributed by atoms with Crippen LogP contribution in [0.3, 0.4) is 0 Å². The van der Waals surface area contributed by atoms with Crippen molar-refractivity contribution in [1.82, 2.24) is 35.3 Å². The van der Waals surface area contributed by atoms with Crippen molar-refractivity contribution in [2.24, 2.45) is 7.05 Å². The molecule has 0 saturated heterocycles. The number of hydrogen-bond acceptors (Lipinski definition) is 5. The number of H-pyrrole nitrogens is 1. The summed E-state index contributed by atoms with van der Waals surface area (Å²) in [5.41, 5.74) is 3.75. The number of aromatic nitrogens is 6. The maximum Gasteiger partial charge on any atom is 0.253 e. The van der Waals surface area contributed by atoms with Crippen molar-refractivity contribution >= 4 is 5.91 Å². The Balaban J connectivity index is 1.76. The van der Waals surface area contributed by atoms with Gasteiger partial charge in [0.15, 0.2) is 5.82 Å². The number of carbonyl (C=O) groups excluding carboxylic acids is 1. The second-order valence-corrected chi connectivity index (χ2v) is 5.12. The van der Waals surface area contributed by atoms with Crippen LogP contribution in [-0.2, 0) is 13.5 Å². The van der Waals surface area contributed by atoms with Gasteiger partial charge in [-0.05, 0) is 12.1 Å². The highest BCUT2D eigenvalue weighted by molar-refractivity contribution is 5.97. The minimum absolute atomic E-state index is 0.0491. The third kappa shape index (κ3) is 2.05. The van der Waals surface area contributed by atoms with E-state index in [-0.39, 0.29) is 5.91 Å². The average Bonchev–Trinajstić information content (AvgIpc) is 3.14. The van der Waals surface area contributed by atoms with E-state index in [4.69, 9.17) is 0 Å². The van der Waals surface area contributed by atoms with Crippen LogP contribution >= 0.6 is 0 Å². The molecule has 110 valence electrons. The second kappa shape index (κ2) is 4.76. The van der Waals surface area contributed by atoms with Gasteiger partial charge in [-0.15, -0.1) is 5.10 Å². The smallest absolute Gasteiger partial charge is 0.253 e. The Morgan fingerprint density at radius 2 is 2.23 bits per heavy atom. The minimum atomic E-state index is -0.0491. The van der Waals surface area contributed by atoms with Crippen LogP contribution < -0.4 is 5.32 Å². The lowest BCUT2D eigenvalue weighted by Gasteiger charge is -2.10. The maximum atomic E-state index is 11.8. The van der Waals surface area contributed by atoms with E-state index in [1.807, 2.05) is 6.07 Å². The SMILES string of the molecule is Cn1cc(-c2nccc(-c3cc4c([nH]3)CCNC4=O)n2)nn1. The standard InChI is InChI=1S/C14H13N7O/c1-21-7-12(19-20-21)13-15-4-3-10(18-13)11-6-8-9(17-11)2-5-16-14(8)22/h3-4,6-7,17H,2,5H2,1H3,(H,16,22). The highest BCUT2D eigenvalue weighted by Crippen LogP contribution is 2.23. The molecule has 0 radical (unpaired) electrons. The summed E-state index contributed by atoms with van der Waals surface area (Å²) in [6.07, 6.45) is 4.22. The van der Waals surface area contributed by atoms with Crippen LogP contribution in [0.4, 0.5) is 0 Å². The number of aromatic amines is 1. The van der Waals surface area contributed by atoms with E-state index in [2.05, 4.69) is 30.6 Å². The summed E-state index contributed by atoms with van der Waals surface area (Å²) in [4.78, 5) is 23.8. The molecule has 8 heteroatoms. The Kier molecular flexibility index (Phi) is 2.75. The number of amides is 1. The minimum Gasteiger partial charge on any atom is -0.356 e. The first-order valence-electron chi connectivity index (χ1n) is 6.91. The Labute approximate surface area is 125 Å². The zero-order valence-electron chi connectivity index (χ0n) is 11.9. The molecule has 0 fully saturated rings. The van der Waals surface area contributed by atoms with Crippen molar-refractivity contribution in [3.05, 3.63) is 35.8 Å². The highest BCUT2D eigenvalue weighted by atomic mass is 16.1. The maximum absolute atomic E-state index is 11.8. The molecule has 0 bridgehead atoms. The van der Waals surface area contributed by atoms with Crippen LogP contribution in [0.2, 0.25) is 0 Å². The molecule has 0 unspecified atom stereocenters. The van der Waals surface area contributed by atoms with E-state index in [0.29, 0.717) is 23.6 Å². The largest absolute Gasteiger partial charge is 0.356 e. The van der Waals surface area contributed by atoms with Crippen LogP contribution in [-0.4, -0.2) is 42.4 Å². The van der Waals surface area contributed by atoms with Gasteiger partial charge in [-0.2, -0.15) is 0 Å². The molecule has 2 N–H and O–H groups in total. The van der Waals surface area contributed by atoms with Crippen molar-refractivity contribution in [2.45, 2.75) is 6.42 Å². The Morgan fingerprint density at radius 1 is 1.32 bits per heavy atom. The third-order valence-corrected chi connectivity index (χ3v) is 3.57. The number of carbonyl (C=O) groups is 1. The zero-order valence-corrected chi connectivity index (χ0v) is 11.9. The summed E-state index contributed by atoms with van der Waals surface area (Å²) in [6.45, 7) is 0.653. The summed E-state index contributed by atoms with van der Waals surface area (Å²) in [5, 5.41) is 10.7. The van der Waals surface area contributed by atoms with E-state index < -0.39 is 0 Å². The normalized spacial score (nSPS) is 13.8. The van der Waals surface area contributed by atoms with Crippen LogP contribution in [0.5, 0.6) is 0 Å². The van der Waals surface area contributed by atoms with Gasteiger partial charge in [-0.1, -0.05) is 5.21 Å². The van der Waals surface area contributed by atoms with Gasteiger partial charge in [0.1, 0.15) is 5.69 Å². The molecule has 1 aliphatic rings. The molecule has 1 amide bonds. The number of aryl methyl sites for hydroxylation is 1. The van der Waals surface area contributed by atoms with Gasteiger partial charge < -0.3 is 10.3 Å². The van der Waals surface area contributed by atoms with E-state index in [0.717, 1.165) is 23.5 Å². The molecule has 1 aliphatic heterocycles. The number of hydrogen-bond donors (Lipinski definition) is 2. The van der Waals surface area contributed by atoms with Gasteiger partial charge >= 0.3 is 0 Å². The average molecular weight is 295 g/mol. The van der Waals surface area contributed by atoms with E-state index in [9.17, 15) is 4.79 Å². The molecule has 3 aromatic heterocycles. The topological polar surface area (TPSA) is 101 Å². The Morgan fingerprint density at radius 3 is 3.00 bits per heavy atom. The van der Waals surface area contributed by atoms with Crippen LogP contribution in [0.1, 0.15) is 16.1 Å². The number of nitrogens with zero attached hydrogens (tertiary/aromatic N) is 5. The zero-order chi connectivity index (χ0) is 15.1. The molecular weight excluding hydrogens is 282 g/mol. The molecule has 0 aliphatic carbocycles. The number of nitrogens with one attached hydrogen (secondary N) is 2. The van der Waals surface area contributed by atoms with Crippen molar-refractivity contribution in [3.8, 4) is 22.9 Å². The molecule has 0 saturated carbocycles. The van der Waals surface area contributed by atoms with E-state index in [1.54, 1.807) is 30.2 Å². The van der Waals surface area contributed by atoms with Gasteiger partial charge in [0.2, 0.25) is 0 Å². The van der Waals surface area contributed by atoms with E-state index >= 15 is 0 Å². The highest BCUT2D eigenvalue weighted by Gasteiger charge is 2.20. The molecule has 0 aromatic carbocycles. The first-order valence-corrected chi connectivity index (χ1v) is 6.91. The van der Waals surface area contributed by atoms with Gasteiger partial charge in [-0.25, -0.2) is 9.97 Å². The Hall–Kier alpha value is -3.03. The molecule has 0 spiro atoms. The predicted molar refractivity (Wildman–Crippen MR) is 77.9 cm³/mol. The van der Waals surface area contributed by atoms with E-state index in [1.165, 1.54) is 0 Å². The molecule has 3 aromatic rings. The summed E-state index contributed by atoms with van der Waals surface area (Å²) < 4.78 is 1.60. The summed E-state index contributed by atoms with van der Waals surface area (Å²) in [6, 6.07) is 3.63. The van der Waals surface area contributed by atoms with Gasteiger partial charge in [0.05, 0.1) is 23.1 Å². The Bertz CT molecular complexity index is 864. The quantitative estimate of drug-likeness (QED) is 0.719. The van der Waals surface area contributed by atoms with Crippen LogP contribution in [0.25, 0.3) is 22.9 Å². The fourth-order valence-corrected chi connectivity index (χ4v) is 2.51. The first kappa shape index (κ1) is 12.7. The summed E-state index contributed by atoms with van der Waals surface area (Å²) in [7, 11) is 1.79. The van der Waals surface area contributed by atoms with Crippen molar-refractivity contribution in [1.29, 1.82) is 0 Å². The summed E-state index contributed by atoms with van der Waals surface area (Å²) in [5.74, 6) is 0.453. The molecular formula is C14H13N7O. The van der Waals surface area contributed by atoms with Crippen LogP contribution in [0, 0.1) is 0 Å². The lowest BCUT2D eigenvalue weighted by atomic mass is 10.1. The molecule has 0 atom stereocenters. The van der Waals surface area contributed by atoms with Crippen molar-refractivity contribution in [2.75, 3.05) is 6.54 Å².